The molecule has 5 nitrogen and oxygen atoms in total. The number of aliphatic imine (C=N–C) groups is 1. The average molecular weight is 336 g/mol. The van der Waals surface area contributed by atoms with E-state index in [0.29, 0.717) is 11.5 Å². The Kier molecular flexibility index (Phi) is 5.70. The van der Waals surface area contributed by atoms with E-state index in [1.807, 2.05) is 7.05 Å². The van der Waals surface area contributed by atoms with Gasteiger partial charge in [0.1, 0.15) is 0 Å². The Bertz CT molecular complexity index is 441. The molecule has 0 aromatic heterocycles. The largest absolute Gasteiger partial charge is 0.355 e. The summed E-state index contributed by atoms with van der Waals surface area (Å²) in [5, 5.41) is 3.67. The first-order valence-corrected chi connectivity index (χ1v) is 9.86. The fraction of sp³-hybridized carbons (Fsp3) is 0.947. The molecule has 0 aromatic carbocycles. The van der Waals surface area contributed by atoms with Gasteiger partial charge in [0.15, 0.2) is 5.96 Å². The maximum atomic E-state index is 4.59. The van der Waals surface area contributed by atoms with Crippen molar-refractivity contribution in [3.63, 3.8) is 0 Å². The summed E-state index contributed by atoms with van der Waals surface area (Å²) in [6.45, 7) is 9.27. The standard InChI is InChI=1S/C19H37N5/c1-16-5-7-19(8-6-16)9-10-24(15-19)18(20-2)21-13-17-14-22(3)11-12-23(17)4/h16-17H,5-15H2,1-4H3,(H,20,21). The average Bonchev–Trinajstić information content (AvgIpc) is 2.98. The minimum Gasteiger partial charge on any atom is -0.355 e. The van der Waals surface area contributed by atoms with Gasteiger partial charge in [-0.05, 0) is 44.7 Å². The van der Waals surface area contributed by atoms with Crippen LogP contribution >= 0.6 is 0 Å². The van der Waals surface area contributed by atoms with Gasteiger partial charge in [0.05, 0.1) is 0 Å². The van der Waals surface area contributed by atoms with Crippen molar-refractivity contribution in [3.8, 4) is 0 Å². The second-order valence-corrected chi connectivity index (χ2v) is 8.68. The van der Waals surface area contributed by atoms with Crippen LogP contribution in [0.25, 0.3) is 0 Å². The van der Waals surface area contributed by atoms with E-state index < -0.39 is 0 Å². The predicted molar refractivity (Wildman–Crippen MR) is 102 cm³/mol. The molecule has 3 aliphatic rings. The Morgan fingerprint density at radius 2 is 1.88 bits per heavy atom. The number of piperazine rings is 1. The van der Waals surface area contributed by atoms with E-state index in [-0.39, 0.29) is 0 Å². The van der Waals surface area contributed by atoms with E-state index in [1.54, 1.807) is 0 Å². The predicted octanol–water partition coefficient (Wildman–Crippen LogP) is 1.71. The molecule has 1 spiro atoms. The molecule has 0 amide bonds. The summed E-state index contributed by atoms with van der Waals surface area (Å²) >= 11 is 0. The lowest BCUT2D eigenvalue weighted by Gasteiger charge is -2.38. The van der Waals surface area contributed by atoms with Gasteiger partial charge in [-0.3, -0.25) is 9.89 Å². The number of likely N-dealkylation sites (tertiary alicyclic amines) is 1. The maximum absolute atomic E-state index is 4.59. The lowest BCUT2D eigenvalue weighted by molar-refractivity contribution is 0.116. The smallest absolute Gasteiger partial charge is 0.193 e. The zero-order chi connectivity index (χ0) is 17.2. The first kappa shape index (κ1) is 18.0. The van der Waals surface area contributed by atoms with Crippen LogP contribution < -0.4 is 5.32 Å². The van der Waals surface area contributed by atoms with Crippen molar-refractivity contribution in [2.75, 3.05) is 60.4 Å². The topological polar surface area (TPSA) is 34.1 Å². The van der Waals surface area contributed by atoms with Gasteiger partial charge >= 0.3 is 0 Å². The summed E-state index contributed by atoms with van der Waals surface area (Å²) in [7, 11) is 6.41. The molecule has 24 heavy (non-hydrogen) atoms. The number of rotatable bonds is 2. The third-order valence-corrected chi connectivity index (χ3v) is 6.76. The van der Waals surface area contributed by atoms with Crippen LogP contribution in [0.15, 0.2) is 4.99 Å². The van der Waals surface area contributed by atoms with Gasteiger partial charge in [0, 0.05) is 52.4 Å². The van der Waals surface area contributed by atoms with Crippen LogP contribution in [0.5, 0.6) is 0 Å². The molecule has 0 aromatic rings. The van der Waals surface area contributed by atoms with Crippen molar-refractivity contribution < 1.29 is 0 Å². The quantitative estimate of drug-likeness (QED) is 0.615. The SMILES string of the molecule is CN=C(NCC1CN(C)CCN1C)N1CCC2(CCC(C)CC2)C1. The van der Waals surface area contributed by atoms with Crippen LogP contribution in [0, 0.1) is 11.3 Å². The molecule has 0 bridgehead atoms. The molecule has 1 unspecified atom stereocenters. The summed E-state index contributed by atoms with van der Waals surface area (Å²) in [4.78, 5) is 12.0. The van der Waals surface area contributed by atoms with Gasteiger partial charge in [-0.2, -0.15) is 0 Å². The van der Waals surface area contributed by atoms with E-state index in [2.05, 4.69) is 46.0 Å². The number of hydrogen-bond donors (Lipinski definition) is 1. The summed E-state index contributed by atoms with van der Waals surface area (Å²) in [5.74, 6) is 2.05. The third kappa shape index (κ3) is 4.05. The molecule has 138 valence electrons. The Labute approximate surface area is 148 Å². The second-order valence-electron chi connectivity index (χ2n) is 8.68. The second kappa shape index (κ2) is 7.61. The normalized spacial score (nSPS) is 36.5. The van der Waals surface area contributed by atoms with Crippen molar-refractivity contribution in [2.45, 2.75) is 45.1 Å². The molecular weight excluding hydrogens is 298 g/mol. The van der Waals surface area contributed by atoms with E-state index in [1.165, 1.54) is 51.7 Å². The summed E-state index contributed by atoms with van der Waals surface area (Å²) < 4.78 is 0. The first-order valence-electron chi connectivity index (χ1n) is 9.86. The van der Waals surface area contributed by atoms with E-state index in [0.717, 1.165) is 31.5 Å². The van der Waals surface area contributed by atoms with E-state index in [9.17, 15) is 0 Å². The van der Waals surface area contributed by atoms with Crippen LogP contribution in [0.3, 0.4) is 0 Å². The molecule has 1 atom stereocenters. The van der Waals surface area contributed by atoms with Gasteiger partial charge in [0.2, 0.25) is 0 Å². The van der Waals surface area contributed by atoms with Gasteiger partial charge < -0.3 is 15.1 Å². The Hall–Kier alpha value is -0.810. The minimum absolute atomic E-state index is 0.575. The van der Waals surface area contributed by atoms with Crippen LogP contribution in [0.2, 0.25) is 0 Å². The molecule has 3 fully saturated rings. The maximum Gasteiger partial charge on any atom is 0.193 e. The number of likely N-dealkylation sites (N-methyl/N-ethyl adjacent to an activating group) is 2. The molecule has 2 saturated heterocycles. The zero-order valence-electron chi connectivity index (χ0n) is 16.2. The molecule has 2 heterocycles. The Morgan fingerprint density at radius 1 is 1.12 bits per heavy atom. The summed E-state index contributed by atoms with van der Waals surface area (Å²) in [6, 6.07) is 0.576. The summed E-state index contributed by atoms with van der Waals surface area (Å²) in [5.41, 5.74) is 0.575. The highest BCUT2D eigenvalue weighted by Crippen LogP contribution is 2.45. The molecule has 1 saturated carbocycles. The molecule has 1 N–H and O–H groups in total. The number of nitrogens with one attached hydrogen (secondary N) is 1. The minimum atomic E-state index is 0.575. The molecule has 1 aliphatic carbocycles. The molecular formula is C19H37N5. The van der Waals surface area contributed by atoms with Crippen molar-refractivity contribution in [1.29, 1.82) is 0 Å². The lowest BCUT2D eigenvalue weighted by Crippen LogP contribution is -2.55. The molecule has 2 aliphatic heterocycles. The Morgan fingerprint density at radius 3 is 2.58 bits per heavy atom. The number of hydrogen-bond acceptors (Lipinski definition) is 3. The van der Waals surface area contributed by atoms with Crippen molar-refractivity contribution in [1.82, 2.24) is 20.0 Å². The highest BCUT2D eigenvalue weighted by molar-refractivity contribution is 5.80. The van der Waals surface area contributed by atoms with E-state index >= 15 is 0 Å². The third-order valence-electron chi connectivity index (χ3n) is 6.76. The van der Waals surface area contributed by atoms with Crippen LogP contribution in [0.1, 0.15) is 39.0 Å². The van der Waals surface area contributed by atoms with Crippen LogP contribution in [0.4, 0.5) is 0 Å². The number of nitrogens with zero attached hydrogens (tertiary/aromatic N) is 4. The van der Waals surface area contributed by atoms with Crippen molar-refractivity contribution in [3.05, 3.63) is 0 Å². The van der Waals surface area contributed by atoms with Gasteiger partial charge in [-0.25, -0.2) is 0 Å². The van der Waals surface area contributed by atoms with Crippen LogP contribution in [-0.2, 0) is 0 Å². The van der Waals surface area contributed by atoms with Gasteiger partial charge in [0.25, 0.3) is 0 Å². The molecule has 3 rings (SSSR count). The molecule has 5 heteroatoms. The summed E-state index contributed by atoms with van der Waals surface area (Å²) in [6.07, 6.45) is 7.01. The van der Waals surface area contributed by atoms with Crippen LogP contribution in [-0.4, -0.2) is 87.1 Å². The highest BCUT2D eigenvalue weighted by Gasteiger charge is 2.41. The van der Waals surface area contributed by atoms with Crippen molar-refractivity contribution in [2.24, 2.45) is 16.3 Å². The fourth-order valence-electron chi connectivity index (χ4n) is 4.76. The van der Waals surface area contributed by atoms with Gasteiger partial charge in [-0.1, -0.05) is 19.8 Å². The fourth-order valence-corrected chi connectivity index (χ4v) is 4.76. The lowest BCUT2D eigenvalue weighted by atomic mass is 9.70. The Balaban J connectivity index is 1.52. The first-order chi connectivity index (χ1) is 11.5. The van der Waals surface area contributed by atoms with E-state index in [4.69, 9.17) is 0 Å². The van der Waals surface area contributed by atoms with Crippen molar-refractivity contribution >= 4 is 5.96 Å². The number of guanidine groups is 1. The van der Waals surface area contributed by atoms with Gasteiger partial charge in [-0.15, -0.1) is 0 Å². The molecule has 0 radical (unpaired) electrons. The highest BCUT2D eigenvalue weighted by atomic mass is 15.3. The zero-order valence-corrected chi connectivity index (χ0v) is 16.2. The monoisotopic (exact) mass is 335 g/mol.